The third-order valence-corrected chi connectivity index (χ3v) is 6.29. The molecule has 6 nitrogen and oxygen atoms in total. The molecule has 1 saturated heterocycles. The van der Waals surface area contributed by atoms with Crippen molar-refractivity contribution >= 4 is 17.4 Å². The van der Waals surface area contributed by atoms with Crippen LogP contribution in [0, 0.1) is 12.8 Å². The van der Waals surface area contributed by atoms with Crippen LogP contribution in [0.4, 0.5) is 11.5 Å². The number of piperidine rings is 1. The molecule has 176 valence electrons. The first-order valence-corrected chi connectivity index (χ1v) is 11.9. The molecule has 6 heteroatoms. The molecule has 1 amide bonds. The second kappa shape index (κ2) is 10.4. The van der Waals surface area contributed by atoms with Gasteiger partial charge in [0.1, 0.15) is 23.6 Å². The monoisotopic (exact) mass is 464 g/mol. The summed E-state index contributed by atoms with van der Waals surface area (Å²) < 4.78 is 5.82. The van der Waals surface area contributed by atoms with E-state index in [9.17, 15) is 4.79 Å². The molecule has 5 rings (SSSR count). The first-order chi connectivity index (χ1) is 17.1. The van der Waals surface area contributed by atoms with E-state index >= 15 is 0 Å². The van der Waals surface area contributed by atoms with E-state index in [1.807, 2.05) is 60.7 Å². The van der Waals surface area contributed by atoms with Crippen molar-refractivity contribution in [3.05, 3.63) is 96.8 Å². The summed E-state index contributed by atoms with van der Waals surface area (Å²) in [6.45, 7) is 3.64. The number of aryl methyl sites for hydroxylation is 1. The Labute approximate surface area is 205 Å². The lowest BCUT2D eigenvalue weighted by molar-refractivity contribution is -0.120. The summed E-state index contributed by atoms with van der Waals surface area (Å²) in [7, 11) is 0. The van der Waals surface area contributed by atoms with Crippen LogP contribution in [-0.4, -0.2) is 29.0 Å². The van der Waals surface area contributed by atoms with E-state index in [1.54, 1.807) is 6.33 Å². The molecule has 35 heavy (non-hydrogen) atoms. The molecule has 1 aromatic heterocycles. The van der Waals surface area contributed by atoms with Crippen LogP contribution in [0.3, 0.4) is 0 Å². The van der Waals surface area contributed by atoms with Crippen molar-refractivity contribution < 1.29 is 9.53 Å². The lowest BCUT2D eigenvalue weighted by Gasteiger charge is -2.32. The Morgan fingerprint density at radius 1 is 0.886 bits per heavy atom. The number of amides is 1. The van der Waals surface area contributed by atoms with E-state index in [4.69, 9.17) is 4.74 Å². The van der Waals surface area contributed by atoms with Crippen LogP contribution < -0.4 is 15.0 Å². The van der Waals surface area contributed by atoms with Crippen molar-refractivity contribution in [2.24, 2.45) is 5.92 Å². The van der Waals surface area contributed by atoms with Crippen molar-refractivity contribution in [3.63, 3.8) is 0 Å². The number of anilines is 2. The first-order valence-electron chi connectivity index (χ1n) is 11.9. The SMILES string of the molecule is Cc1ccc(-c2cc(N3CCC(C(=O)Nc4ccc(Oc5ccccc5)cc4)CC3)ncn2)cc1. The molecule has 0 saturated carbocycles. The Hall–Kier alpha value is -4.19. The first kappa shape index (κ1) is 22.6. The molecule has 1 N–H and O–H groups in total. The minimum absolute atomic E-state index is 0.0232. The normalized spacial score (nSPS) is 13.9. The zero-order valence-electron chi connectivity index (χ0n) is 19.7. The number of rotatable bonds is 6. The highest BCUT2D eigenvalue weighted by molar-refractivity contribution is 5.92. The molecule has 0 atom stereocenters. The van der Waals surface area contributed by atoms with E-state index in [1.165, 1.54) is 5.56 Å². The standard InChI is InChI=1S/C29H28N4O2/c1-21-7-9-22(10-8-21)27-19-28(31-20-30-27)33-17-15-23(16-18-33)29(34)32-24-11-13-26(14-12-24)35-25-5-3-2-4-6-25/h2-14,19-20,23H,15-18H2,1H3,(H,32,34). The van der Waals surface area contributed by atoms with E-state index in [0.717, 1.165) is 60.2 Å². The van der Waals surface area contributed by atoms with Gasteiger partial charge in [-0.25, -0.2) is 9.97 Å². The summed E-state index contributed by atoms with van der Waals surface area (Å²) >= 11 is 0. The molecule has 3 aromatic carbocycles. The topological polar surface area (TPSA) is 67.4 Å². The number of nitrogens with zero attached hydrogens (tertiary/aromatic N) is 3. The Morgan fingerprint density at radius 3 is 2.29 bits per heavy atom. The van der Waals surface area contributed by atoms with Gasteiger partial charge in [0.2, 0.25) is 5.91 Å². The molecule has 1 aliphatic heterocycles. The number of nitrogens with one attached hydrogen (secondary N) is 1. The maximum atomic E-state index is 12.9. The van der Waals surface area contributed by atoms with Crippen LogP contribution >= 0.6 is 0 Å². The number of carbonyl (C=O) groups is 1. The zero-order valence-corrected chi connectivity index (χ0v) is 19.7. The lowest BCUT2D eigenvalue weighted by Crippen LogP contribution is -2.38. The van der Waals surface area contributed by atoms with Gasteiger partial charge in [-0.15, -0.1) is 0 Å². The Bertz CT molecular complexity index is 1270. The van der Waals surface area contributed by atoms with Gasteiger partial charge in [-0.2, -0.15) is 0 Å². The minimum Gasteiger partial charge on any atom is -0.457 e. The fourth-order valence-corrected chi connectivity index (χ4v) is 4.25. The predicted octanol–water partition coefficient (Wildman–Crippen LogP) is 6.10. The molecule has 4 aromatic rings. The van der Waals surface area contributed by atoms with Gasteiger partial charge in [-0.1, -0.05) is 48.0 Å². The highest BCUT2D eigenvalue weighted by Gasteiger charge is 2.26. The Balaban J connectivity index is 1.15. The molecule has 0 unspecified atom stereocenters. The number of carbonyl (C=O) groups excluding carboxylic acids is 1. The van der Waals surface area contributed by atoms with Gasteiger partial charge in [0, 0.05) is 36.3 Å². The average molecular weight is 465 g/mol. The summed E-state index contributed by atoms with van der Waals surface area (Å²) in [5.41, 5.74) is 3.99. The molecule has 1 aliphatic rings. The van der Waals surface area contributed by atoms with Crippen LogP contribution in [0.25, 0.3) is 11.3 Å². The van der Waals surface area contributed by atoms with Crippen molar-refractivity contribution in [2.75, 3.05) is 23.3 Å². The minimum atomic E-state index is -0.0232. The Morgan fingerprint density at radius 2 is 1.57 bits per heavy atom. The number of hydrogen-bond acceptors (Lipinski definition) is 5. The van der Waals surface area contributed by atoms with Crippen molar-refractivity contribution in [1.82, 2.24) is 9.97 Å². The quantitative estimate of drug-likeness (QED) is 0.373. The van der Waals surface area contributed by atoms with Gasteiger partial charge in [0.05, 0.1) is 5.69 Å². The summed E-state index contributed by atoms with van der Waals surface area (Å²) in [6, 6.07) is 27.5. The summed E-state index contributed by atoms with van der Waals surface area (Å²) in [6.07, 6.45) is 3.18. The fraction of sp³-hybridized carbons (Fsp3) is 0.207. The summed E-state index contributed by atoms with van der Waals surface area (Å²) in [4.78, 5) is 24.0. The smallest absolute Gasteiger partial charge is 0.227 e. The van der Waals surface area contributed by atoms with Crippen LogP contribution in [-0.2, 0) is 4.79 Å². The van der Waals surface area contributed by atoms with Gasteiger partial charge in [-0.3, -0.25) is 4.79 Å². The zero-order chi connectivity index (χ0) is 24.0. The number of ether oxygens (including phenoxy) is 1. The summed E-state index contributed by atoms with van der Waals surface area (Å²) in [5, 5.41) is 3.05. The number of para-hydroxylation sites is 1. The van der Waals surface area contributed by atoms with Crippen LogP contribution in [0.15, 0.2) is 91.3 Å². The van der Waals surface area contributed by atoms with E-state index < -0.39 is 0 Å². The maximum Gasteiger partial charge on any atom is 0.227 e. The van der Waals surface area contributed by atoms with Gasteiger partial charge >= 0.3 is 0 Å². The molecule has 1 fully saturated rings. The summed E-state index contributed by atoms with van der Waals surface area (Å²) in [5.74, 6) is 2.46. The second-order valence-corrected chi connectivity index (χ2v) is 8.82. The molecular formula is C29H28N4O2. The van der Waals surface area contributed by atoms with Crippen molar-refractivity contribution in [2.45, 2.75) is 19.8 Å². The van der Waals surface area contributed by atoms with E-state index in [-0.39, 0.29) is 11.8 Å². The van der Waals surface area contributed by atoms with Gasteiger partial charge in [0.15, 0.2) is 0 Å². The van der Waals surface area contributed by atoms with Crippen LogP contribution in [0.5, 0.6) is 11.5 Å². The van der Waals surface area contributed by atoms with E-state index in [2.05, 4.69) is 51.4 Å². The third-order valence-electron chi connectivity index (χ3n) is 6.29. The fourth-order valence-electron chi connectivity index (χ4n) is 4.25. The van der Waals surface area contributed by atoms with Gasteiger partial charge in [-0.05, 0) is 56.2 Å². The molecule has 0 spiro atoms. The van der Waals surface area contributed by atoms with E-state index in [0.29, 0.717) is 0 Å². The number of benzene rings is 3. The molecule has 0 bridgehead atoms. The van der Waals surface area contributed by atoms with Gasteiger partial charge < -0.3 is 15.0 Å². The third kappa shape index (κ3) is 5.66. The van der Waals surface area contributed by atoms with Crippen LogP contribution in [0.1, 0.15) is 18.4 Å². The molecule has 2 heterocycles. The van der Waals surface area contributed by atoms with Crippen molar-refractivity contribution in [1.29, 1.82) is 0 Å². The Kier molecular flexibility index (Phi) is 6.70. The maximum absolute atomic E-state index is 12.9. The van der Waals surface area contributed by atoms with Gasteiger partial charge in [0.25, 0.3) is 0 Å². The average Bonchev–Trinajstić information content (AvgIpc) is 2.91. The molecular weight excluding hydrogens is 436 g/mol. The highest BCUT2D eigenvalue weighted by atomic mass is 16.5. The highest BCUT2D eigenvalue weighted by Crippen LogP contribution is 2.27. The largest absolute Gasteiger partial charge is 0.457 e. The number of aromatic nitrogens is 2. The van der Waals surface area contributed by atoms with Crippen LogP contribution in [0.2, 0.25) is 0 Å². The second-order valence-electron chi connectivity index (χ2n) is 8.82. The number of hydrogen-bond donors (Lipinski definition) is 1. The molecule has 0 radical (unpaired) electrons. The molecule has 0 aliphatic carbocycles. The lowest BCUT2D eigenvalue weighted by atomic mass is 9.95. The predicted molar refractivity (Wildman–Crippen MR) is 139 cm³/mol. The van der Waals surface area contributed by atoms with Crippen molar-refractivity contribution in [3.8, 4) is 22.8 Å².